The standard InChI is InChI=1S/C9H12O3/c1-11-8-2-4-9(5-3-8)12-7-6-10/h2-5,10H,6-7H2,1H3/i6D2. The van der Waals surface area contributed by atoms with E-state index in [0.29, 0.717) is 11.5 Å². The molecular weight excluding hydrogens is 156 g/mol. The third-order valence-corrected chi connectivity index (χ3v) is 1.36. The monoisotopic (exact) mass is 170 g/mol. The summed E-state index contributed by atoms with van der Waals surface area (Å²) in [4.78, 5) is 0. The third-order valence-electron chi connectivity index (χ3n) is 1.36. The van der Waals surface area contributed by atoms with Crippen LogP contribution in [0.4, 0.5) is 0 Å². The van der Waals surface area contributed by atoms with Crippen molar-refractivity contribution in [1.29, 1.82) is 0 Å². The summed E-state index contributed by atoms with van der Waals surface area (Å²) in [5.41, 5.74) is 0. The van der Waals surface area contributed by atoms with Gasteiger partial charge in [-0.2, -0.15) is 0 Å². The lowest BCUT2D eigenvalue weighted by atomic mass is 10.3. The van der Waals surface area contributed by atoms with E-state index in [4.69, 9.17) is 17.3 Å². The maximum absolute atomic E-state index is 8.76. The first-order valence-electron chi connectivity index (χ1n) is 4.50. The van der Waals surface area contributed by atoms with Crippen LogP contribution in [0.5, 0.6) is 11.5 Å². The van der Waals surface area contributed by atoms with Crippen LogP contribution >= 0.6 is 0 Å². The molecule has 0 spiro atoms. The quantitative estimate of drug-likeness (QED) is 0.734. The van der Waals surface area contributed by atoms with E-state index in [1.807, 2.05) is 0 Å². The van der Waals surface area contributed by atoms with E-state index in [2.05, 4.69) is 0 Å². The van der Waals surface area contributed by atoms with Crippen molar-refractivity contribution < 1.29 is 17.3 Å². The van der Waals surface area contributed by atoms with Crippen LogP contribution in [0.15, 0.2) is 24.3 Å². The lowest BCUT2D eigenvalue weighted by Crippen LogP contribution is -2.01. The van der Waals surface area contributed by atoms with Crippen LogP contribution in [0.2, 0.25) is 0 Å². The fourth-order valence-corrected chi connectivity index (χ4v) is 0.788. The predicted molar refractivity (Wildman–Crippen MR) is 45.6 cm³/mol. The summed E-state index contributed by atoms with van der Waals surface area (Å²) < 4.78 is 23.6. The molecule has 0 fully saturated rings. The molecular formula is C9H12O3. The third kappa shape index (κ3) is 2.43. The van der Waals surface area contributed by atoms with Crippen molar-refractivity contribution in [3.05, 3.63) is 24.3 Å². The molecule has 0 unspecified atom stereocenters. The molecule has 0 saturated heterocycles. The number of hydrogen-bond donors (Lipinski definition) is 1. The van der Waals surface area contributed by atoms with Gasteiger partial charge in [-0.05, 0) is 24.3 Å². The number of methoxy groups -OCH3 is 1. The lowest BCUT2D eigenvalue weighted by molar-refractivity contribution is 0.201. The fraction of sp³-hybridized carbons (Fsp3) is 0.333. The van der Waals surface area contributed by atoms with Gasteiger partial charge in [-0.25, -0.2) is 0 Å². The van der Waals surface area contributed by atoms with Crippen LogP contribution in [0.3, 0.4) is 0 Å². The van der Waals surface area contributed by atoms with Gasteiger partial charge < -0.3 is 14.6 Å². The molecule has 3 heteroatoms. The molecule has 66 valence electrons. The number of hydrogen-bond acceptors (Lipinski definition) is 3. The first kappa shape index (κ1) is 6.31. The molecule has 3 nitrogen and oxygen atoms in total. The summed E-state index contributed by atoms with van der Waals surface area (Å²) in [6, 6.07) is 6.68. The van der Waals surface area contributed by atoms with Gasteiger partial charge in [0.2, 0.25) is 0 Å². The number of rotatable bonds is 4. The number of ether oxygens (including phenoxy) is 2. The Labute approximate surface area is 74.4 Å². The first-order valence-corrected chi connectivity index (χ1v) is 3.50. The van der Waals surface area contributed by atoms with E-state index in [9.17, 15) is 0 Å². The summed E-state index contributed by atoms with van der Waals surface area (Å²) >= 11 is 0. The van der Waals surface area contributed by atoms with Gasteiger partial charge in [-0.1, -0.05) is 0 Å². The van der Waals surface area contributed by atoms with E-state index in [-0.39, 0.29) is 6.61 Å². The molecule has 0 aliphatic heterocycles. The van der Waals surface area contributed by atoms with Crippen LogP contribution in [-0.2, 0) is 0 Å². The van der Waals surface area contributed by atoms with Crippen LogP contribution in [-0.4, -0.2) is 25.4 Å². The van der Waals surface area contributed by atoms with Crippen LogP contribution in [0, 0.1) is 0 Å². The molecule has 1 rings (SSSR count). The molecule has 0 aliphatic carbocycles. The van der Waals surface area contributed by atoms with Crippen molar-refractivity contribution in [1.82, 2.24) is 0 Å². The average Bonchev–Trinajstić information content (AvgIpc) is 2.14. The Morgan fingerprint density at radius 2 is 1.92 bits per heavy atom. The maximum Gasteiger partial charge on any atom is 0.119 e. The van der Waals surface area contributed by atoms with Gasteiger partial charge in [-0.3, -0.25) is 0 Å². The number of aliphatic hydroxyl groups is 1. The molecule has 1 aromatic carbocycles. The van der Waals surface area contributed by atoms with Crippen LogP contribution < -0.4 is 9.47 Å². The zero-order valence-corrected chi connectivity index (χ0v) is 6.78. The normalized spacial score (nSPS) is 13.2. The Balaban J connectivity index is 2.52. The molecule has 0 saturated carbocycles. The Morgan fingerprint density at radius 3 is 2.42 bits per heavy atom. The topological polar surface area (TPSA) is 38.7 Å². The SMILES string of the molecule is [2H]C([2H])(O)COc1ccc(OC)cc1. The van der Waals surface area contributed by atoms with E-state index in [1.165, 1.54) is 0 Å². The molecule has 0 amide bonds. The van der Waals surface area contributed by atoms with Crippen molar-refractivity contribution in [3.8, 4) is 11.5 Å². The number of benzene rings is 1. The van der Waals surface area contributed by atoms with Crippen LogP contribution in [0.1, 0.15) is 2.74 Å². The van der Waals surface area contributed by atoms with E-state index in [1.54, 1.807) is 31.4 Å². The van der Waals surface area contributed by atoms with Crippen molar-refractivity contribution in [2.75, 3.05) is 20.3 Å². The molecule has 0 aromatic heterocycles. The predicted octanol–water partition coefficient (Wildman–Crippen LogP) is 1.07. The van der Waals surface area contributed by atoms with Gasteiger partial charge in [0.05, 0.1) is 16.4 Å². The van der Waals surface area contributed by atoms with Crippen molar-refractivity contribution in [2.24, 2.45) is 0 Å². The summed E-state index contributed by atoms with van der Waals surface area (Å²) in [5, 5.41) is 8.76. The molecule has 0 radical (unpaired) electrons. The van der Waals surface area contributed by atoms with Gasteiger partial charge in [0.25, 0.3) is 0 Å². The Morgan fingerprint density at radius 1 is 1.33 bits per heavy atom. The minimum atomic E-state index is -2.31. The second-order valence-electron chi connectivity index (χ2n) is 2.12. The summed E-state index contributed by atoms with van der Waals surface area (Å²) in [7, 11) is 1.56. The molecule has 1 aromatic rings. The molecule has 0 aliphatic rings. The minimum Gasteiger partial charge on any atom is -0.497 e. The second-order valence-corrected chi connectivity index (χ2v) is 2.12. The Kier molecular flexibility index (Phi) is 2.43. The maximum atomic E-state index is 8.76. The zero-order valence-electron chi connectivity index (χ0n) is 8.78. The Hall–Kier alpha value is -1.22. The van der Waals surface area contributed by atoms with Crippen molar-refractivity contribution in [3.63, 3.8) is 0 Å². The van der Waals surface area contributed by atoms with Gasteiger partial charge >= 0.3 is 0 Å². The van der Waals surface area contributed by atoms with Crippen LogP contribution in [0.25, 0.3) is 0 Å². The Bertz CT molecular complexity index is 279. The highest BCUT2D eigenvalue weighted by atomic mass is 16.5. The van der Waals surface area contributed by atoms with Gasteiger partial charge in [-0.15, -0.1) is 0 Å². The highest BCUT2D eigenvalue weighted by Gasteiger charge is 1.93. The second kappa shape index (κ2) is 4.62. The lowest BCUT2D eigenvalue weighted by Gasteiger charge is -2.04. The van der Waals surface area contributed by atoms with E-state index < -0.39 is 6.56 Å². The average molecular weight is 170 g/mol. The van der Waals surface area contributed by atoms with E-state index >= 15 is 0 Å². The van der Waals surface area contributed by atoms with Gasteiger partial charge in [0.1, 0.15) is 18.1 Å². The molecule has 12 heavy (non-hydrogen) atoms. The highest BCUT2D eigenvalue weighted by Crippen LogP contribution is 2.16. The smallest absolute Gasteiger partial charge is 0.119 e. The molecule has 1 N–H and O–H groups in total. The highest BCUT2D eigenvalue weighted by molar-refractivity contribution is 5.30. The zero-order chi connectivity index (χ0) is 10.6. The largest absolute Gasteiger partial charge is 0.497 e. The van der Waals surface area contributed by atoms with Crippen molar-refractivity contribution in [2.45, 2.75) is 0 Å². The molecule has 0 bridgehead atoms. The summed E-state index contributed by atoms with van der Waals surface area (Å²) in [6.07, 6.45) is 0. The summed E-state index contributed by atoms with van der Waals surface area (Å²) in [5.74, 6) is 1.19. The summed E-state index contributed by atoms with van der Waals surface area (Å²) in [6.45, 7) is -2.70. The van der Waals surface area contributed by atoms with Gasteiger partial charge in [0.15, 0.2) is 0 Å². The van der Waals surface area contributed by atoms with Gasteiger partial charge in [0, 0.05) is 0 Å². The first-order chi connectivity index (χ1) is 6.51. The minimum absolute atomic E-state index is 0.390. The molecule has 0 heterocycles. The van der Waals surface area contributed by atoms with Crippen molar-refractivity contribution >= 4 is 0 Å². The van der Waals surface area contributed by atoms with E-state index in [0.717, 1.165) is 0 Å². The fourth-order valence-electron chi connectivity index (χ4n) is 0.788. The molecule has 0 atom stereocenters.